The van der Waals surface area contributed by atoms with Crippen molar-refractivity contribution < 1.29 is 92.6 Å². The molecule has 9 N–H and O–H groups in total. The average Bonchev–Trinajstić information content (AvgIpc) is 1.63. The van der Waals surface area contributed by atoms with Crippen LogP contribution in [0, 0.1) is 22.7 Å². The van der Waals surface area contributed by atoms with Gasteiger partial charge in [-0.1, -0.05) is 168 Å². The number of sulfonamides is 4. The minimum atomic E-state index is -4.45. The van der Waals surface area contributed by atoms with Crippen molar-refractivity contribution in [1.82, 2.24) is 49.0 Å². The Morgan fingerprint density at radius 1 is 0.504 bits per heavy atom. The number of nitrogens with zero attached hydrogens (tertiary/aromatic N) is 7. The molecule has 2 aliphatic rings. The molecule has 0 radical (unpaired) electrons. The third-order valence-corrected chi connectivity index (χ3v) is 34.8. The van der Waals surface area contributed by atoms with E-state index in [0.29, 0.717) is 17.0 Å². The van der Waals surface area contributed by atoms with Gasteiger partial charge in [0.2, 0.25) is 41.8 Å². The van der Waals surface area contributed by atoms with Gasteiger partial charge in [0.05, 0.1) is 70.7 Å². The van der Waals surface area contributed by atoms with Crippen molar-refractivity contribution in [2.45, 2.75) is 268 Å². The molecule has 28 nitrogen and oxygen atoms in total. The maximum atomic E-state index is 13.6. The summed E-state index contributed by atoms with van der Waals surface area (Å²) in [5, 5.41) is 28.9. The molecule has 2 saturated heterocycles. The first-order valence-electron chi connectivity index (χ1n) is 43.7. The molecule has 1 amide bonds. The summed E-state index contributed by atoms with van der Waals surface area (Å²) >= 11 is 12.2. The lowest BCUT2D eigenvalue weighted by molar-refractivity contribution is -0.220. The summed E-state index contributed by atoms with van der Waals surface area (Å²) in [4.78, 5) is 35.9. The van der Waals surface area contributed by atoms with E-state index < -0.39 is 138 Å². The van der Waals surface area contributed by atoms with E-state index in [4.69, 9.17) is 52.7 Å². The van der Waals surface area contributed by atoms with Crippen LogP contribution in [0.15, 0.2) is 204 Å². The number of hydrogen-bond donors (Lipinski definition) is 7. The van der Waals surface area contributed by atoms with Gasteiger partial charge < -0.3 is 30.5 Å². The molecule has 11 rings (SSSR count). The van der Waals surface area contributed by atoms with E-state index in [-0.39, 0.29) is 76.5 Å². The fourth-order valence-electron chi connectivity index (χ4n) is 12.6. The van der Waals surface area contributed by atoms with Gasteiger partial charge in [0.15, 0.2) is 11.6 Å². The average molecular weight is 2260 g/mol. The number of primary sulfonamides is 1. The summed E-state index contributed by atoms with van der Waals surface area (Å²) in [6, 6.07) is 41.7. The van der Waals surface area contributed by atoms with Crippen LogP contribution in [-0.2, 0) is 49.1 Å². The number of halogens is 10. The predicted octanol–water partition coefficient (Wildman–Crippen LogP) is 19.3. The topological polar surface area (TPSA) is 408 Å². The third kappa shape index (κ3) is 41.6. The van der Waals surface area contributed by atoms with Crippen molar-refractivity contribution in [1.29, 1.82) is 0 Å². The van der Waals surface area contributed by atoms with E-state index in [1.807, 2.05) is 105 Å². The van der Waals surface area contributed by atoms with Crippen LogP contribution in [0.2, 0.25) is 64.1 Å². The Kier molecular flexibility index (Phi) is 42.7. The standard InChI is InChI=1S/C30H40F3N5O4SSi.C14H13ClF3N3O3.C13H23NO2SSi.C10H14BrNO2S.C9H15NO2SSi.C7H15N.C6H4BrClO2S.C4H11N/c1-20-17-29(4,5)37(18-20)26-23(27(39)36-43(40,41)21-9-11-22(12-10-21)44(6,7)8)13-14-24(34-26)38-16-15-25(35-38)42-19-28(2,3)30(31,32)33;1-13(2,14(16,17)18)7-24-10-5-6-21(20-10)9-4-3-8(12(22)23)11(15)19-9;1-13(2,3)14-17(15,16)11-7-9-12(10-8-11)18(4,5)6;1-10(2,3)12-15(13,14)9-6-4-8(11)5-7-9;1-14(2,3)9-6-4-8(5-7-9)13(10,11)12;1-6-4-7(2,3)8-5-6;7-5-1-3-6(4-2-5)11(8,9)10;1-4(2,3)5/h9-16,20H,17-19H2,1-8H3,(H,36,39);3-6H,7H2,1-2H3,(H,22,23);7-10,14H,1-6H3;4-7,12H,1-3H3;4-7H,1-3H3,(H2,10,11,12);6,8H,4-5H2,1-3H3;1-4H;5H2,1-3H3/t20-;;;;;6-;;/m0....0../s1. The number of anilines is 1. The first-order chi connectivity index (χ1) is 62.5. The molecule has 774 valence electrons. The van der Waals surface area contributed by atoms with Crippen molar-refractivity contribution in [2.75, 3.05) is 31.2 Å². The van der Waals surface area contributed by atoms with Crippen LogP contribution < -0.4 is 60.3 Å². The largest absolute Gasteiger partial charge is 0.478 e. The van der Waals surface area contributed by atoms with E-state index in [1.54, 1.807) is 72.8 Å². The summed E-state index contributed by atoms with van der Waals surface area (Å²) in [7, 11) is -17.4. The second-order valence-electron chi connectivity index (χ2n) is 42.4. The number of carbonyl (C=O) groups is 2. The Balaban J connectivity index is 0.000000361. The number of benzene rings is 5. The molecule has 46 heteroatoms. The van der Waals surface area contributed by atoms with Gasteiger partial charge in [-0.25, -0.2) is 85.5 Å². The highest BCUT2D eigenvalue weighted by Gasteiger charge is 2.49. The Labute approximate surface area is 846 Å². The van der Waals surface area contributed by atoms with Crippen LogP contribution in [0.25, 0.3) is 11.6 Å². The van der Waals surface area contributed by atoms with Gasteiger partial charge in [0, 0.05) is 78.4 Å². The molecule has 6 heterocycles. The lowest BCUT2D eigenvalue weighted by Crippen LogP contribution is -2.41. The van der Waals surface area contributed by atoms with E-state index in [2.05, 4.69) is 153 Å². The highest BCUT2D eigenvalue weighted by atomic mass is 79.9. The van der Waals surface area contributed by atoms with E-state index in [0.717, 1.165) is 54.2 Å². The number of aromatic carboxylic acids is 1. The Morgan fingerprint density at radius 3 is 1.12 bits per heavy atom. The fraction of sp³-hybridized carbons (Fsp3) is 0.484. The summed E-state index contributed by atoms with van der Waals surface area (Å²) in [6.07, 6.45) is -3.81. The molecule has 0 bridgehead atoms. The van der Waals surface area contributed by atoms with Crippen LogP contribution in [-0.4, -0.2) is 179 Å². The van der Waals surface area contributed by atoms with Crippen molar-refractivity contribution >= 4 is 161 Å². The summed E-state index contributed by atoms with van der Waals surface area (Å²) < 4.78 is 218. The zero-order chi connectivity index (χ0) is 107. The van der Waals surface area contributed by atoms with Crippen molar-refractivity contribution in [3.05, 3.63) is 195 Å². The second kappa shape index (κ2) is 48.0. The van der Waals surface area contributed by atoms with E-state index >= 15 is 0 Å². The normalized spacial score (nSPS) is 15.5. The maximum Gasteiger partial charge on any atom is 0.397 e. The molecular weight excluding hydrogens is 2130 g/mol. The third-order valence-electron chi connectivity index (χ3n) is 20.0. The van der Waals surface area contributed by atoms with Gasteiger partial charge in [-0.05, 0) is 258 Å². The molecule has 4 aromatic heterocycles. The number of alkyl halides is 6. The monoisotopic (exact) mass is 2260 g/mol. The number of carboxylic acids is 1. The number of aromatic nitrogens is 6. The molecule has 2 aliphatic heterocycles. The molecule has 0 unspecified atom stereocenters. The number of nitrogens with two attached hydrogens (primary N) is 2. The molecule has 9 aromatic rings. The summed E-state index contributed by atoms with van der Waals surface area (Å²) in [5.41, 5.74) is 0.236. The Bertz CT molecular complexity index is 6220. The maximum absolute atomic E-state index is 13.6. The Hall–Kier alpha value is -7.52. The van der Waals surface area contributed by atoms with Crippen LogP contribution in [0.1, 0.15) is 165 Å². The van der Waals surface area contributed by atoms with E-state index in [1.165, 1.54) is 106 Å². The number of carboxylic acid groups (broad SMARTS) is 1. The second-order valence-corrected chi connectivity index (χ2v) is 69.0. The molecule has 2 atom stereocenters. The van der Waals surface area contributed by atoms with Gasteiger partial charge in [0.1, 0.15) is 24.2 Å². The van der Waals surface area contributed by atoms with Gasteiger partial charge in [-0.2, -0.15) is 26.3 Å². The molecule has 2 fully saturated rings. The van der Waals surface area contributed by atoms with Crippen molar-refractivity contribution in [3.63, 3.8) is 0 Å². The minimum absolute atomic E-state index is 0. The number of pyridine rings is 2. The van der Waals surface area contributed by atoms with E-state index in [9.17, 15) is 78.0 Å². The van der Waals surface area contributed by atoms with Crippen LogP contribution >= 0.6 is 54.1 Å². The van der Waals surface area contributed by atoms with Gasteiger partial charge in [-0.3, -0.25) is 4.79 Å². The SMILES string of the molecule is CC(C)(C)N.CC(C)(C)NS(=O)(=O)c1ccc(Br)cc1.CC(C)(C)NS(=O)(=O)c1ccc([Si](C)(C)C)cc1.CC(C)(COc1ccn(-c2ccc(C(=O)O)c(Cl)n2)n1)C(F)(F)F.C[C@@H]1CN(c2nc(-n3ccc(OCC(C)(C)C(F)(F)F)n3)ccc2C(=O)NS(=O)(=O)c2ccc([Si](C)(C)C)cc2)C(C)(C)C1.C[C@@H]1CNC(C)(C)C1.C[Si](C)(C)c1ccc(S(N)(=O)=O)cc1.O=S(=O)(Cl)c1ccc(Br)cc1. The number of carbonyl (C=O) groups excluding carboxylic acids is 1. The smallest absolute Gasteiger partial charge is 0.397 e. The Morgan fingerprint density at radius 2 is 0.835 bits per heavy atom. The fourth-order valence-corrected chi connectivity index (χ4v) is 21.9. The number of nitrogens with one attached hydrogen (secondary N) is 4. The summed E-state index contributed by atoms with van der Waals surface area (Å²) in [6.45, 7) is 54.3. The zero-order valence-corrected chi connectivity index (χ0v) is 95.6. The zero-order valence-electron chi connectivity index (χ0n) is 83.8. The van der Waals surface area contributed by atoms with Crippen LogP contribution in [0.5, 0.6) is 11.8 Å². The molecule has 0 aliphatic carbocycles. The van der Waals surface area contributed by atoms with Gasteiger partial charge in [-0.15, -0.1) is 10.2 Å². The van der Waals surface area contributed by atoms with Crippen LogP contribution in [0.3, 0.4) is 0 Å². The number of ether oxygens (including phenoxy) is 2. The number of rotatable bonds is 22. The molecule has 0 spiro atoms. The number of amides is 1. The molecule has 139 heavy (non-hydrogen) atoms. The lowest BCUT2D eigenvalue weighted by atomic mass is 9.94. The highest BCUT2D eigenvalue weighted by molar-refractivity contribution is 9.10. The number of hydrogen-bond acceptors (Lipinski definition) is 21. The van der Waals surface area contributed by atoms with Crippen molar-refractivity contribution in [3.8, 4) is 23.4 Å². The lowest BCUT2D eigenvalue weighted by Gasteiger charge is -2.34. The summed E-state index contributed by atoms with van der Waals surface area (Å²) in [5.74, 6) is -0.181. The van der Waals surface area contributed by atoms with Crippen molar-refractivity contribution in [2.24, 2.45) is 33.5 Å². The van der Waals surface area contributed by atoms with Crippen LogP contribution in [0.4, 0.5) is 32.2 Å². The first-order valence-corrected chi connectivity index (χ1v) is 64.5. The quantitative estimate of drug-likeness (QED) is 0.0143. The highest BCUT2D eigenvalue weighted by Crippen LogP contribution is 2.41. The molecular formula is C93H135Br2Cl2F6N13O15S5Si3. The predicted molar refractivity (Wildman–Crippen MR) is 556 cm³/mol. The van der Waals surface area contributed by atoms with Gasteiger partial charge in [0.25, 0.3) is 25.0 Å². The van der Waals surface area contributed by atoms with Gasteiger partial charge >= 0.3 is 18.3 Å². The molecule has 5 aromatic carbocycles. The first kappa shape index (κ1) is 124. The minimum Gasteiger partial charge on any atom is -0.478 e. The molecule has 0 saturated carbocycles.